The lowest BCUT2D eigenvalue weighted by Crippen LogP contribution is -2.23. The lowest BCUT2D eigenvalue weighted by Gasteiger charge is -2.35. The number of benzene rings is 3. The molecule has 3 nitrogen and oxygen atoms in total. The third kappa shape index (κ3) is 2.74. The van der Waals surface area contributed by atoms with Crippen molar-refractivity contribution in [2.24, 2.45) is 0 Å². The summed E-state index contributed by atoms with van der Waals surface area (Å²) in [6.07, 6.45) is 0. The molecule has 0 saturated heterocycles. The SMILES string of the molecule is CN(CCO)c1ccc(C2c3ccccc3N(C)c3ccccc32)cc1. The molecule has 0 fully saturated rings. The third-order valence-corrected chi connectivity index (χ3v) is 5.32. The van der Waals surface area contributed by atoms with Gasteiger partial charge in [0, 0.05) is 43.6 Å². The van der Waals surface area contributed by atoms with Gasteiger partial charge in [0.05, 0.1) is 6.61 Å². The van der Waals surface area contributed by atoms with Crippen molar-refractivity contribution < 1.29 is 5.11 Å². The minimum absolute atomic E-state index is 0.161. The molecule has 0 amide bonds. The molecule has 0 aromatic heterocycles. The van der Waals surface area contributed by atoms with Crippen LogP contribution in [0.25, 0.3) is 0 Å². The molecule has 3 aromatic rings. The van der Waals surface area contributed by atoms with Gasteiger partial charge < -0.3 is 14.9 Å². The Hall–Kier alpha value is -2.78. The first-order valence-electron chi connectivity index (χ1n) is 9.04. The van der Waals surface area contributed by atoms with E-state index in [2.05, 4.69) is 89.6 Å². The van der Waals surface area contributed by atoms with Gasteiger partial charge in [0.2, 0.25) is 0 Å². The Kier molecular flexibility index (Phi) is 4.39. The molecule has 1 heterocycles. The number of fused-ring (bicyclic) bond motifs is 2. The van der Waals surface area contributed by atoms with Gasteiger partial charge in [-0.05, 0) is 41.0 Å². The van der Waals surface area contributed by atoms with Crippen molar-refractivity contribution in [1.82, 2.24) is 0 Å². The van der Waals surface area contributed by atoms with E-state index in [4.69, 9.17) is 5.11 Å². The fraction of sp³-hybridized carbons (Fsp3) is 0.217. The summed E-state index contributed by atoms with van der Waals surface area (Å²) in [5.74, 6) is 0.232. The zero-order valence-corrected chi connectivity index (χ0v) is 15.3. The van der Waals surface area contributed by atoms with E-state index >= 15 is 0 Å². The fourth-order valence-corrected chi connectivity index (χ4v) is 3.93. The van der Waals surface area contributed by atoms with Crippen LogP contribution in [0.4, 0.5) is 17.1 Å². The average molecular weight is 344 g/mol. The van der Waals surface area contributed by atoms with Crippen LogP contribution in [-0.2, 0) is 0 Å². The number of hydrogen-bond acceptors (Lipinski definition) is 3. The monoisotopic (exact) mass is 344 g/mol. The van der Waals surface area contributed by atoms with E-state index in [0.717, 1.165) is 5.69 Å². The van der Waals surface area contributed by atoms with Crippen molar-refractivity contribution in [3.05, 3.63) is 89.5 Å². The van der Waals surface area contributed by atoms with E-state index in [0.29, 0.717) is 6.54 Å². The first-order valence-corrected chi connectivity index (χ1v) is 9.04. The molecule has 0 bridgehead atoms. The Balaban J connectivity index is 1.80. The second-order valence-corrected chi connectivity index (χ2v) is 6.85. The minimum atomic E-state index is 0.161. The van der Waals surface area contributed by atoms with Crippen molar-refractivity contribution in [3.8, 4) is 0 Å². The summed E-state index contributed by atoms with van der Waals surface area (Å²) in [7, 11) is 4.15. The molecule has 3 aromatic carbocycles. The van der Waals surface area contributed by atoms with E-state index in [1.807, 2.05) is 7.05 Å². The summed E-state index contributed by atoms with van der Waals surface area (Å²) in [5.41, 5.74) is 7.61. The van der Waals surface area contributed by atoms with Gasteiger partial charge in [-0.1, -0.05) is 48.5 Å². The van der Waals surface area contributed by atoms with Crippen molar-refractivity contribution in [2.75, 3.05) is 37.0 Å². The Morgan fingerprint density at radius 3 is 1.92 bits per heavy atom. The van der Waals surface area contributed by atoms with Gasteiger partial charge in [0.1, 0.15) is 0 Å². The normalized spacial score (nSPS) is 13.3. The highest BCUT2D eigenvalue weighted by Crippen LogP contribution is 2.47. The predicted molar refractivity (Wildman–Crippen MR) is 109 cm³/mol. The average Bonchev–Trinajstić information content (AvgIpc) is 2.69. The molecule has 0 saturated carbocycles. The number of aliphatic hydroxyl groups is 1. The third-order valence-electron chi connectivity index (χ3n) is 5.32. The predicted octanol–water partition coefficient (Wildman–Crippen LogP) is 4.38. The topological polar surface area (TPSA) is 26.7 Å². The van der Waals surface area contributed by atoms with Gasteiger partial charge in [0.25, 0.3) is 0 Å². The molecule has 0 radical (unpaired) electrons. The van der Waals surface area contributed by atoms with Crippen LogP contribution in [0.2, 0.25) is 0 Å². The van der Waals surface area contributed by atoms with Gasteiger partial charge in [-0.15, -0.1) is 0 Å². The summed E-state index contributed by atoms with van der Waals surface area (Å²) < 4.78 is 0. The molecule has 0 aliphatic carbocycles. The van der Waals surface area contributed by atoms with Crippen LogP contribution in [0.5, 0.6) is 0 Å². The maximum atomic E-state index is 9.15. The smallest absolute Gasteiger partial charge is 0.0606 e. The van der Waals surface area contributed by atoms with Crippen molar-refractivity contribution in [1.29, 1.82) is 0 Å². The number of nitrogens with zero attached hydrogens (tertiary/aromatic N) is 2. The summed E-state index contributed by atoms with van der Waals surface area (Å²) in [6, 6.07) is 26.0. The van der Waals surface area contributed by atoms with Crippen LogP contribution in [0.1, 0.15) is 22.6 Å². The Labute approximate surface area is 155 Å². The lowest BCUT2D eigenvalue weighted by molar-refractivity contribution is 0.304. The number of likely N-dealkylation sites (N-methyl/N-ethyl adjacent to an activating group) is 1. The van der Waals surface area contributed by atoms with Crippen molar-refractivity contribution in [2.45, 2.75) is 5.92 Å². The molecule has 0 unspecified atom stereocenters. The van der Waals surface area contributed by atoms with E-state index in [1.165, 1.54) is 28.1 Å². The maximum absolute atomic E-state index is 9.15. The molecule has 1 aliphatic rings. The minimum Gasteiger partial charge on any atom is -0.395 e. The first kappa shape index (κ1) is 16.7. The van der Waals surface area contributed by atoms with Crippen LogP contribution in [-0.4, -0.2) is 32.4 Å². The van der Waals surface area contributed by atoms with E-state index in [-0.39, 0.29) is 12.5 Å². The summed E-state index contributed by atoms with van der Waals surface area (Å²) in [4.78, 5) is 4.35. The van der Waals surface area contributed by atoms with E-state index in [1.54, 1.807) is 0 Å². The van der Waals surface area contributed by atoms with Crippen LogP contribution >= 0.6 is 0 Å². The van der Waals surface area contributed by atoms with Crippen LogP contribution in [0.15, 0.2) is 72.8 Å². The van der Waals surface area contributed by atoms with E-state index in [9.17, 15) is 0 Å². The zero-order chi connectivity index (χ0) is 18.1. The molecule has 0 atom stereocenters. The number of hydrogen-bond donors (Lipinski definition) is 1. The number of anilines is 3. The molecule has 1 aliphatic heterocycles. The fourth-order valence-electron chi connectivity index (χ4n) is 3.93. The quantitative estimate of drug-likeness (QED) is 0.761. The Bertz CT molecular complexity index is 857. The van der Waals surface area contributed by atoms with Gasteiger partial charge in [-0.25, -0.2) is 0 Å². The molecule has 132 valence electrons. The van der Waals surface area contributed by atoms with Crippen molar-refractivity contribution in [3.63, 3.8) is 0 Å². The second-order valence-electron chi connectivity index (χ2n) is 6.85. The zero-order valence-electron chi connectivity index (χ0n) is 15.3. The molecule has 3 heteroatoms. The maximum Gasteiger partial charge on any atom is 0.0606 e. The Morgan fingerprint density at radius 2 is 1.38 bits per heavy atom. The van der Waals surface area contributed by atoms with Crippen LogP contribution < -0.4 is 9.80 Å². The Morgan fingerprint density at radius 1 is 0.846 bits per heavy atom. The van der Waals surface area contributed by atoms with Crippen LogP contribution in [0.3, 0.4) is 0 Å². The van der Waals surface area contributed by atoms with Gasteiger partial charge in [-0.2, -0.15) is 0 Å². The molecular weight excluding hydrogens is 320 g/mol. The van der Waals surface area contributed by atoms with Crippen LogP contribution in [0, 0.1) is 0 Å². The highest BCUT2D eigenvalue weighted by atomic mass is 16.3. The summed E-state index contributed by atoms with van der Waals surface area (Å²) in [5, 5.41) is 9.15. The summed E-state index contributed by atoms with van der Waals surface area (Å²) >= 11 is 0. The number of rotatable bonds is 4. The highest BCUT2D eigenvalue weighted by molar-refractivity contribution is 5.77. The molecule has 0 spiro atoms. The van der Waals surface area contributed by atoms with Gasteiger partial charge >= 0.3 is 0 Å². The lowest BCUT2D eigenvalue weighted by atomic mass is 9.80. The number of para-hydroxylation sites is 2. The molecule has 4 rings (SSSR count). The van der Waals surface area contributed by atoms with Gasteiger partial charge in [0.15, 0.2) is 0 Å². The highest BCUT2D eigenvalue weighted by Gasteiger charge is 2.29. The molecular formula is C23H24N2O. The largest absolute Gasteiger partial charge is 0.395 e. The van der Waals surface area contributed by atoms with Gasteiger partial charge in [-0.3, -0.25) is 0 Å². The number of aliphatic hydroxyl groups excluding tert-OH is 1. The molecule has 26 heavy (non-hydrogen) atoms. The first-order chi connectivity index (χ1) is 12.7. The van der Waals surface area contributed by atoms with E-state index < -0.39 is 0 Å². The van der Waals surface area contributed by atoms with Crippen molar-refractivity contribution >= 4 is 17.1 Å². The molecule has 1 N–H and O–H groups in total. The summed E-state index contributed by atoms with van der Waals surface area (Å²) in [6.45, 7) is 0.799. The second kappa shape index (κ2) is 6.85. The standard InChI is InChI=1S/C23H24N2O/c1-24(15-16-26)18-13-11-17(12-14-18)23-19-7-3-5-9-21(19)25(2)22-10-6-4-8-20(22)23/h3-14,23,26H,15-16H2,1-2H3.